The fourth-order valence-corrected chi connectivity index (χ4v) is 2.28. The van der Waals surface area contributed by atoms with Crippen LogP contribution in [0.4, 0.5) is 0 Å². The number of hydrogen-bond donors (Lipinski definition) is 1. The van der Waals surface area contributed by atoms with E-state index in [1.54, 1.807) is 0 Å². The van der Waals surface area contributed by atoms with Crippen LogP contribution in [0, 0.1) is 12.8 Å². The lowest BCUT2D eigenvalue weighted by Crippen LogP contribution is -2.37. The van der Waals surface area contributed by atoms with Gasteiger partial charge in [0.2, 0.25) is 0 Å². The van der Waals surface area contributed by atoms with Gasteiger partial charge in [0.15, 0.2) is 0 Å². The normalized spacial score (nSPS) is 23.9. The maximum atomic E-state index is 12.2. The first kappa shape index (κ1) is 12.3. The number of benzene rings is 1. The van der Waals surface area contributed by atoms with E-state index in [1.807, 2.05) is 38.2 Å². The molecule has 1 N–H and O–H groups in total. The lowest BCUT2D eigenvalue weighted by atomic mass is 9.92. The number of carbonyl (C=O) groups excluding carboxylic acids is 1. The molecule has 0 amide bonds. The van der Waals surface area contributed by atoms with Crippen molar-refractivity contribution in [2.24, 2.45) is 5.92 Å². The van der Waals surface area contributed by atoms with Gasteiger partial charge in [0.1, 0.15) is 5.78 Å². The van der Waals surface area contributed by atoms with E-state index in [9.17, 15) is 4.79 Å². The maximum absolute atomic E-state index is 12.2. The lowest BCUT2D eigenvalue weighted by molar-refractivity contribution is -0.122. The van der Waals surface area contributed by atoms with Crippen LogP contribution in [0.25, 0.3) is 0 Å². The lowest BCUT2D eigenvalue weighted by Gasteiger charge is -2.16. The summed E-state index contributed by atoms with van der Waals surface area (Å²) in [7, 11) is 1.88. The van der Waals surface area contributed by atoms with E-state index >= 15 is 0 Å². The first-order chi connectivity index (χ1) is 8.22. The molecule has 3 heteroatoms. The van der Waals surface area contributed by atoms with E-state index in [-0.39, 0.29) is 17.7 Å². The molecule has 2 atom stereocenters. The van der Waals surface area contributed by atoms with Crippen molar-refractivity contribution in [1.82, 2.24) is 5.32 Å². The number of ether oxygens (including phenoxy) is 1. The smallest absolute Gasteiger partial charge is 0.144 e. The summed E-state index contributed by atoms with van der Waals surface area (Å²) in [5.74, 6) is 0.274. The molecule has 1 aromatic rings. The monoisotopic (exact) mass is 233 g/mol. The van der Waals surface area contributed by atoms with Gasteiger partial charge in [-0.2, -0.15) is 0 Å². The maximum Gasteiger partial charge on any atom is 0.144 e. The van der Waals surface area contributed by atoms with E-state index in [4.69, 9.17) is 4.74 Å². The van der Waals surface area contributed by atoms with E-state index in [2.05, 4.69) is 5.32 Å². The van der Waals surface area contributed by atoms with Gasteiger partial charge in [-0.25, -0.2) is 0 Å². The van der Waals surface area contributed by atoms with E-state index in [0.29, 0.717) is 19.6 Å². The second kappa shape index (κ2) is 5.43. The molecule has 1 fully saturated rings. The molecular weight excluding hydrogens is 214 g/mol. The largest absolute Gasteiger partial charge is 0.379 e. The van der Waals surface area contributed by atoms with Crippen molar-refractivity contribution in [2.45, 2.75) is 19.4 Å². The molecule has 1 aliphatic rings. The third kappa shape index (κ3) is 2.73. The Morgan fingerprint density at radius 1 is 1.41 bits per heavy atom. The first-order valence-corrected chi connectivity index (χ1v) is 6.04. The Hall–Kier alpha value is -1.19. The van der Waals surface area contributed by atoms with Crippen molar-refractivity contribution in [1.29, 1.82) is 0 Å². The summed E-state index contributed by atoms with van der Waals surface area (Å²) in [6.07, 6.45) is 0.513. The molecular formula is C14H19NO2. The summed E-state index contributed by atoms with van der Waals surface area (Å²) in [6.45, 7) is 3.24. The van der Waals surface area contributed by atoms with E-state index < -0.39 is 0 Å². The van der Waals surface area contributed by atoms with Crippen LogP contribution in [0.2, 0.25) is 0 Å². The summed E-state index contributed by atoms with van der Waals surface area (Å²) in [6, 6.07) is 8.22. The number of ketones is 1. The Balaban J connectivity index is 2.04. The fraction of sp³-hybridized carbons (Fsp3) is 0.500. The Morgan fingerprint density at radius 3 is 2.88 bits per heavy atom. The van der Waals surface area contributed by atoms with Crippen molar-refractivity contribution in [3.05, 3.63) is 35.4 Å². The highest BCUT2D eigenvalue weighted by molar-refractivity contribution is 5.84. The van der Waals surface area contributed by atoms with Gasteiger partial charge in [-0.1, -0.05) is 24.3 Å². The predicted molar refractivity (Wildman–Crippen MR) is 67.0 cm³/mol. The zero-order valence-electron chi connectivity index (χ0n) is 10.4. The zero-order chi connectivity index (χ0) is 12.3. The van der Waals surface area contributed by atoms with Gasteiger partial charge < -0.3 is 10.1 Å². The molecule has 1 saturated heterocycles. The molecule has 0 bridgehead atoms. The number of likely N-dealkylation sites (N-methyl/N-ethyl adjacent to an activating group) is 1. The summed E-state index contributed by atoms with van der Waals surface area (Å²) in [5.41, 5.74) is 2.31. The van der Waals surface area contributed by atoms with Gasteiger partial charge in [0.25, 0.3) is 0 Å². The second-order valence-corrected chi connectivity index (χ2v) is 4.61. The average Bonchev–Trinajstić information content (AvgIpc) is 2.80. The molecule has 17 heavy (non-hydrogen) atoms. The molecule has 1 aliphatic heterocycles. The minimum Gasteiger partial charge on any atom is -0.379 e. The van der Waals surface area contributed by atoms with Crippen molar-refractivity contribution < 1.29 is 9.53 Å². The van der Waals surface area contributed by atoms with Gasteiger partial charge in [-0.3, -0.25) is 4.79 Å². The number of nitrogens with one attached hydrogen (secondary N) is 1. The predicted octanol–water partition coefficient (Wildman–Crippen LogP) is 1.34. The van der Waals surface area contributed by atoms with Crippen LogP contribution in [-0.4, -0.2) is 32.1 Å². The van der Waals surface area contributed by atoms with Crippen molar-refractivity contribution in [3.8, 4) is 0 Å². The topological polar surface area (TPSA) is 38.3 Å². The van der Waals surface area contributed by atoms with E-state index in [0.717, 1.165) is 5.56 Å². The van der Waals surface area contributed by atoms with Crippen molar-refractivity contribution in [3.63, 3.8) is 0 Å². The molecule has 2 rings (SSSR count). The summed E-state index contributed by atoms with van der Waals surface area (Å²) < 4.78 is 5.37. The van der Waals surface area contributed by atoms with Crippen LogP contribution in [0.15, 0.2) is 24.3 Å². The molecule has 1 heterocycles. The third-order valence-corrected chi connectivity index (χ3v) is 3.49. The highest BCUT2D eigenvalue weighted by atomic mass is 16.5. The summed E-state index contributed by atoms with van der Waals surface area (Å²) in [5, 5.41) is 3.15. The Kier molecular flexibility index (Phi) is 3.92. The van der Waals surface area contributed by atoms with Crippen LogP contribution in [-0.2, 0) is 16.0 Å². The average molecular weight is 233 g/mol. The molecule has 0 aliphatic carbocycles. The van der Waals surface area contributed by atoms with Gasteiger partial charge >= 0.3 is 0 Å². The quantitative estimate of drug-likeness (QED) is 0.853. The minimum absolute atomic E-state index is 0.000365. The van der Waals surface area contributed by atoms with Crippen LogP contribution >= 0.6 is 0 Å². The molecule has 0 aromatic heterocycles. The van der Waals surface area contributed by atoms with Crippen LogP contribution in [0.3, 0.4) is 0 Å². The second-order valence-electron chi connectivity index (χ2n) is 4.61. The highest BCUT2D eigenvalue weighted by Gasteiger charge is 2.32. The van der Waals surface area contributed by atoms with Crippen molar-refractivity contribution >= 4 is 5.78 Å². The summed E-state index contributed by atoms with van der Waals surface area (Å²) in [4.78, 5) is 12.2. The molecule has 0 spiro atoms. The van der Waals surface area contributed by atoms with Crippen LogP contribution in [0.1, 0.15) is 11.1 Å². The summed E-state index contributed by atoms with van der Waals surface area (Å²) >= 11 is 0. The standard InChI is InChI=1S/C14H19NO2/c1-10-5-3-4-6-11(10)7-14(16)12-8-17-9-13(12)15-2/h3-6,12-13,15H,7-9H2,1-2H3. The number of hydrogen-bond acceptors (Lipinski definition) is 3. The third-order valence-electron chi connectivity index (χ3n) is 3.49. The highest BCUT2D eigenvalue weighted by Crippen LogP contribution is 2.18. The minimum atomic E-state index is -0.000365. The van der Waals surface area contributed by atoms with Crippen molar-refractivity contribution in [2.75, 3.05) is 20.3 Å². The first-order valence-electron chi connectivity index (χ1n) is 6.04. The van der Waals surface area contributed by atoms with Gasteiger partial charge in [0, 0.05) is 12.5 Å². The number of aryl methyl sites for hydroxylation is 1. The van der Waals surface area contributed by atoms with Gasteiger partial charge in [-0.05, 0) is 25.1 Å². The molecule has 3 nitrogen and oxygen atoms in total. The van der Waals surface area contributed by atoms with Gasteiger partial charge in [0.05, 0.1) is 19.1 Å². The van der Waals surface area contributed by atoms with Crippen LogP contribution < -0.4 is 5.32 Å². The number of rotatable bonds is 4. The number of carbonyl (C=O) groups is 1. The fourth-order valence-electron chi connectivity index (χ4n) is 2.28. The molecule has 1 aromatic carbocycles. The molecule has 0 saturated carbocycles. The Labute approximate surface area is 102 Å². The Bertz CT molecular complexity index is 403. The molecule has 0 radical (unpaired) electrons. The number of Topliss-reactive ketones (excluding diaryl/α,β-unsaturated/α-hetero) is 1. The molecule has 2 unspecified atom stereocenters. The Morgan fingerprint density at radius 2 is 2.18 bits per heavy atom. The van der Waals surface area contributed by atoms with E-state index in [1.165, 1.54) is 5.56 Å². The molecule has 92 valence electrons. The van der Waals surface area contributed by atoms with Crippen LogP contribution in [0.5, 0.6) is 0 Å². The van der Waals surface area contributed by atoms with Gasteiger partial charge in [-0.15, -0.1) is 0 Å². The SMILES string of the molecule is CNC1COCC1C(=O)Cc1ccccc1C. The zero-order valence-corrected chi connectivity index (χ0v) is 10.4.